The number of carbonyl (C=O) groups excluding carboxylic acids is 12. The summed E-state index contributed by atoms with van der Waals surface area (Å²) in [6.07, 6.45) is 30.6. The van der Waals surface area contributed by atoms with Crippen molar-refractivity contribution in [2.75, 3.05) is 78.5 Å². The van der Waals surface area contributed by atoms with E-state index >= 15 is 0 Å². The normalized spacial score (nSPS) is 16.2. The smallest absolute Gasteiger partial charge is 0.257 e. The number of hydrogen-bond acceptors (Lipinski definition) is 19. The van der Waals surface area contributed by atoms with Gasteiger partial charge in [-0.3, -0.25) is 33.6 Å². The Bertz CT molecular complexity index is 6630. The van der Waals surface area contributed by atoms with Crippen LogP contribution >= 0.6 is 0 Å². The fourth-order valence-corrected chi connectivity index (χ4v) is 15.1. The molecule has 1 atom stereocenters. The maximum absolute atomic E-state index is 12.8. The molecule has 667 valence electrons. The second-order valence-electron chi connectivity index (χ2n) is 29.2. The van der Waals surface area contributed by atoms with Gasteiger partial charge in [-0.15, -0.1) is 0 Å². The van der Waals surface area contributed by atoms with Crippen LogP contribution < -0.4 is 37.2 Å². The van der Waals surface area contributed by atoms with Crippen molar-refractivity contribution in [2.45, 2.75) is 44.1 Å². The molecule has 42 heteroatoms. The van der Waals surface area contributed by atoms with Crippen molar-refractivity contribution in [3.63, 3.8) is 0 Å². The van der Waals surface area contributed by atoms with Crippen LogP contribution in [0.25, 0.3) is 33.1 Å². The number of likely N-dealkylation sites (tertiary alicyclic amines) is 6. The molecule has 7 aliphatic rings. The van der Waals surface area contributed by atoms with Crippen molar-refractivity contribution in [3.05, 3.63) is 323 Å². The number of amides is 12. The fourth-order valence-electron chi connectivity index (χ4n) is 15.1. The van der Waals surface area contributed by atoms with E-state index in [1.165, 1.54) is 53.6 Å². The molecule has 7 fully saturated rings. The molecule has 0 aromatic carbocycles. The molecule has 5 radical (unpaired) electrons. The Balaban J connectivity index is 0.000000184. The summed E-state index contributed by atoms with van der Waals surface area (Å²) >= 11 is 0. The number of nitrogens with zero attached hydrogens (tertiary/aromatic N) is 18. The SMILES string of the molecule is [3H]c1ccc2c(C(=O)N3CC[C-](C(=O)N[C-]=C)C3)cnn2c1.[3H]c1cccc2c(C(=O)N3CC[C-](C(=O)N[C-]=C)C3)cnn12.[3H]c1cccn2ncc(C(=O)N3CCC4(C3)NC(=C)NC4=O)c12.[3H]c1cccn2ncc(C(=O)N3CC[C-](C(=O)N[C-]=C)C3)c12.[3H]c1ccn2ncc(C(=O)N3CC[C-](C(=O)N[C-]=C)C3)c2c1.[3H]c1nn2ccccc2c1C(=O)N1CC[C-](C(=O)N[C-]=C)C1.[Y].[Y].[Y].[Y].[Y]. The van der Waals surface area contributed by atoms with Gasteiger partial charge in [0.25, 0.3) is 41.4 Å². The Morgan fingerprint density at radius 2 is 0.682 bits per heavy atom. The Hall–Kier alpha value is -11.1. The van der Waals surface area contributed by atoms with Gasteiger partial charge in [-0.05, 0) is 112 Å². The molecule has 19 rings (SSSR count). The molecule has 12 aromatic heterocycles. The van der Waals surface area contributed by atoms with Crippen LogP contribution in [0.5, 0.6) is 0 Å². The van der Waals surface area contributed by atoms with E-state index in [9.17, 15) is 57.5 Å². The summed E-state index contributed by atoms with van der Waals surface area (Å²) in [6, 6.07) is 24.7. The Morgan fingerprint density at radius 3 is 1.08 bits per heavy atom. The first-order valence-electron chi connectivity index (χ1n) is 42.6. The molecule has 12 aromatic rings. The third-order valence-corrected chi connectivity index (χ3v) is 21.5. The standard InChI is InChI=1S/C15H15N5O2.5C15H14N4O2.5Y/c1-10-17-14(22)15(18-10)5-7-19(9-15)13(21)11-8-16-20-6-3-2-4-12(11)20;5*1-2-16-14(20)11-6-8-18(10-11)15(21)12-9-17-19-7-4-3-5-13(12)19;;;;;/h2-4,6,8,18H,1,5,7,9H2,(H,17,22);5*3-5,7,9H,1,6,8,10H2,(H,16,20);;;;;/q;5*-2;;;;;/i4T;9T;7T;5T;4T;3T;;;;;. The Labute approximate surface area is 893 Å². The van der Waals surface area contributed by atoms with Crippen molar-refractivity contribution in [2.24, 2.45) is 0 Å². The monoisotopic (exact) mass is 2160 g/mol. The van der Waals surface area contributed by atoms with Gasteiger partial charge in [-0.1, -0.05) is 105 Å². The predicted octanol–water partition coefficient (Wildman–Crippen LogP) is 4.19. The molecule has 1 unspecified atom stereocenters. The molecule has 0 bridgehead atoms. The minimum Gasteiger partial charge on any atom is -0.521 e. The van der Waals surface area contributed by atoms with E-state index in [2.05, 4.69) is 138 Å². The first kappa shape index (κ1) is 95.5. The molecular weight excluding hydrogens is 2070 g/mol. The quantitative estimate of drug-likeness (QED) is 0.0527. The number of pyridine rings is 6. The van der Waals surface area contributed by atoms with Gasteiger partial charge >= 0.3 is 0 Å². The minimum atomic E-state index is -0.792. The van der Waals surface area contributed by atoms with E-state index in [0.29, 0.717) is 193 Å². The van der Waals surface area contributed by atoms with Gasteiger partial charge in [-0.25, -0.2) is 27.1 Å². The number of aromatic nitrogens is 12. The first-order valence-corrected chi connectivity index (χ1v) is 39.6. The van der Waals surface area contributed by atoms with Gasteiger partial charge in [0, 0.05) is 207 Å². The van der Waals surface area contributed by atoms with Gasteiger partial charge in [0.1, 0.15) is 5.54 Å². The second kappa shape index (κ2) is 48.5. The number of hydrogen-bond donors (Lipinski definition) is 7. The van der Waals surface area contributed by atoms with Crippen LogP contribution in [-0.4, -0.2) is 242 Å². The first-order chi connectivity index (χ1) is 64.0. The van der Waals surface area contributed by atoms with Crippen LogP contribution in [-0.2, 0) is 192 Å². The summed E-state index contributed by atoms with van der Waals surface area (Å²) in [7, 11) is 0. The third kappa shape index (κ3) is 23.9. The van der Waals surface area contributed by atoms with Crippen molar-refractivity contribution < 1.29 is 229 Å². The van der Waals surface area contributed by atoms with Gasteiger partial charge < -0.3 is 120 Å². The summed E-state index contributed by atoms with van der Waals surface area (Å²) in [4.78, 5) is 156. The summed E-state index contributed by atoms with van der Waals surface area (Å²) in [5.74, 6) is 0.880. The van der Waals surface area contributed by atoms with Crippen molar-refractivity contribution >= 4 is 104 Å². The molecule has 7 N–H and O–H groups in total. The van der Waals surface area contributed by atoms with Crippen molar-refractivity contribution in [3.8, 4) is 0 Å². The molecule has 1 spiro atoms. The van der Waals surface area contributed by atoms with Crippen LogP contribution in [0.2, 0.25) is 0 Å². The number of carbonyl (C=O) groups is 12. The zero-order valence-corrected chi connectivity index (χ0v) is 85.4. The molecule has 0 aliphatic carbocycles. The molecule has 7 saturated heterocycles. The Kier molecular flexibility index (Phi) is 35.1. The fraction of sp³-hybridized carbons (Fsp3) is 0.211. The molecule has 19 heterocycles. The van der Waals surface area contributed by atoms with E-state index in [1.54, 1.807) is 150 Å². The van der Waals surface area contributed by atoms with Crippen LogP contribution in [0, 0.1) is 60.6 Å². The molecule has 7 aliphatic heterocycles. The van der Waals surface area contributed by atoms with E-state index in [4.69, 9.17) is 8.22 Å². The zero-order valence-electron chi connectivity index (χ0n) is 77.2. The predicted molar refractivity (Wildman–Crippen MR) is 459 cm³/mol. The van der Waals surface area contributed by atoms with Crippen LogP contribution in [0.3, 0.4) is 0 Å². The summed E-state index contributed by atoms with van der Waals surface area (Å²) in [6.45, 7) is 24.8. The average molecular weight is 2170 g/mol. The average Bonchev–Trinajstić information content (AvgIpc) is 1.60. The van der Waals surface area contributed by atoms with Crippen molar-refractivity contribution in [1.82, 2.24) is 124 Å². The number of rotatable bonds is 16. The van der Waals surface area contributed by atoms with E-state index in [1.807, 2.05) is 0 Å². The van der Waals surface area contributed by atoms with Crippen LogP contribution in [0.15, 0.2) is 229 Å². The summed E-state index contributed by atoms with van der Waals surface area (Å²) in [5, 5.41) is 42.2. The number of nitrogens with one attached hydrogen (secondary N) is 7. The van der Waals surface area contributed by atoms with E-state index in [0.717, 1.165) is 0 Å². The molecule has 132 heavy (non-hydrogen) atoms. The zero-order chi connectivity index (χ0) is 94.6. The third-order valence-electron chi connectivity index (χ3n) is 21.5. The maximum atomic E-state index is 12.8. The summed E-state index contributed by atoms with van der Waals surface area (Å²) < 4.78 is 55.8. The van der Waals surface area contributed by atoms with Gasteiger partial charge in [0.05, 0.1) is 124 Å². The topological polar surface area (TPSA) is 412 Å². The van der Waals surface area contributed by atoms with E-state index in [-0.39, 0.29) is 297 Å². The molecular formula is C90H85N25O12Y5-10. The molecule has 12 amide bonds. The second-order valence-corrected chi connectivity index (χ2v) is 29.2. The molecule has 0 saturated carbocycles. The maximum Gasteiger partial charge on any atom is 0.257 e. The Morgan fingerprint density at radius 1 is 0.364 bits per heavy atom. The van der Waals surface area contributed by atoms with Gasteiger partial charge in [0.2, 0.25) is 0 Å². The van der Waals surface area contributed by atoms with Gasteiger partial charge in [-0.2, -0.15) is 127 Å². The summed E-state index contributed by atoms with van der Waals surface area (Å²) in [5.41, 5.74) is 4.95. The minimum absolute atomic E-state index is 0. The number of fused-ring (bicyclic) bond motifs is 6. The van der Waals surface area contributed by atoms with Crippen molar-refractivity contribution in [1.29, 1.82) is 0 Å². The van der Waals surface area contributed by atoms with Crippen LogP contribution in [0.4, 0.5) is 0 Å². The van der Waals surface area contributed by atoms with Crippen LogP contribution in [0.1, 0.15) is 109 Å². The van der Waals surface area contributed by atoms with E-state index < -0.39 is 5.54 Å². The molecule has 37 nitrogen and oxygen atoms in total. The largest absolute Gasteiger partial charge is 0.521 e. The van der Waals surface area contributed by atoms with Gasteiger partial charge in [0.15, 0.2) is 0 Å².